The SMILES string of the molecule is Nc1ccc(N2Cc3ccccc3C2=O)cc1C(F)(F)F. The van der Waals surface area contributed by atoms with Gasteiger partial charge in [-0.15, -0.1) is 0 Å². The van der Waals surface area contributed by atoms with E-state index in [4.69, 9.17) is 5.73 Å². The molecule has 1 heterocycles. The lowest BCUT2D eigenvalue weighted by Gasteiger charge is -2.18. The second-order valence-electron chi connectivity index (χ2n) is 4.82. The Hall–Kier alpha value is -2.50. The van der Waals surface area contributed by atoms with Crippen LogP contribution in [0.3, 0.4) is 0 Å². The number of fused-ring (bicyclic) bond motifs is 1. The summed E-state index contributed by atoms with van der Waals surface area (Å²) in [5.41, 5.74) is 5.60. The van der Waals surface area contributed by atoms with Gasteiger partial charge < -0.3 is 10.6 Å². The molecule has 0 spiro atoms. The van der Waals surface area contributed by atoms with E-state index in [0.29, 0.717) is 5.56 Å². The van der Waals surface area contributed by atoms with Crippen molar-refractivity contribution in [2.24, 2.45) is 0 Å². The number of nitrogens with zero attached hydrogens (tertiary/aromatic N) is 1. The van der Waals surface area contributed by atoms with Crippen LogP contribution in [0.4, 0.5) is 24.5 Å². The third kappa shape index (κ3) is 2.22. The van der Waals surface area contributed by atoms with Gasteiger partial charge in [0.1, 0.15) is 0 Å². The van der Waals surface area contributed by atoms with Crippen LogP contribution in [0.25, 0.3) is 0 Å². The van der Waals surface area contributed by atoms with Crippen molar-refractivity contribution in [1.82, 2.24) is 0 Å². The van der Waals surface area contributed by atoms with Crippen LogP contribution in [0.5, 0.6) is 0 Å². The van der Waals surface area contributed by atoms with Gasteiger partial charge in [0.25, 0.3) is 5.91 Å². The molecule has 0 radical (unpaired) electrons. The third-order valence-corrected chi connectivity index (χ3v) is 3.48. The van der Waals surface area contributed by atoms with Crippen molar-refractivity contribution in [2.45, 2.75) is 12.7 Å². The quantitative estimate of drug-likeness (QED) is 0.818. The van der Waals surface area contributed by atoms with E-state index in [1.807, 2.05) is 0 Å². The number of nitrogens with two attached hydrogens (primary N) is 1. The minimum Gasteiger partial charge on any atom is -0.398 e. The smallest absolute Gasteiger partial charge is 0.398 e. The molecule has 3 nitrogen and oxygen atoms in total. The van der Waals surface area contributed by atoms with E-state index in [1.54, 1.807) is 24.3 Å². The molecule has 6 heteroatoms. The van der Waals surface area contributed by atoms with E-state index in [-0.39, 0.29) is 23.8 Å². The van der Waals surface area contributed by atoms with Crippen molar-refractivity contribution in [3.05, 3.63) is 59.2 Å². The summed E-state index contributed by atoms with van der Waals surface area (Å²) in [5.74, 6) is -0.302. The van der Waals surface area contributed by atoms with Gasteiger partial charge in [-0.3, -0.25) is 4.79 Å². The van der Waals surface area contributed by atoms with Crippen molar-refractivity contribution in [1.29, 1.82) is 0 Å². The maximum absolute atomic E-state index is 12.9. The maximum atomic E-state index is 12.9. The summed E-state index contributed by atoms with van der Waals surface area (Å²) < 4.78 is 38.7. The number of halogens is 3. The van der Waals surface area contributed by atoms with Crippen LogP contribution in [0.15, 0.2) is 42.5 Å². The molecule has 2 N–H and O–H groups in total. The Morgan fingerprint density at radius 3 is 2.48 bits per heavy atom. The molecule has 3 rings (SSSR count). The first-order valence-electron chi connectivity index (χ1n) is 6.24. The number of hydrogen-bond acceptors (Lipinski definition) is 2. The molecule has 108 valence electrons. The summed E-state index contributed by atoms with van der Waals surface area (Å²) in [6.07, 6.45) is -4.55. The number of amides is 1. The van der Waals surface area contributed by atoms with Gasteiger partial charge in [0.05, 0.1) is 12.1 Å². The Balaban J connectivity index is 2.02. The second kappa shape index (κ2) is 4.51. The first-order valence-corrected chi connectivity index (χ1v) is 6.24. The van der Waals surface area contributed by atoms with E-state index in [9.17, 15) is 18.0 Å². The van der Waals surface area contributed by atoms with E-state index < -0.39 is 11.7 Å². The van der Waals surface area contributed by atoms with Crippen LogP contribution in [-0.4, -0.2) is 5.91 Å². The lowest BCUT2D eigenvalue weighted by Crippen LogP contribution is -2.23. The van der Waals surface area contributed by atoms with Crippen LogP contribution in [0.2, 0.25) is 0 Å². The molecule has 0 bridgehead atoms. The highest BCUT2D eigenvalue weighted by molar-refractivity contribution is 6.10. The fourth-order valence-electron chi connectivity index (χ4n) is 2.42. The largest absolute Gasteiger partial charge is 0.418 e. The summed E-state index contributed by atoms with van der Waals surface area (Å²) in [4.78, 5) is 13.6. The number of anilines is 2. The standard InChI is InChI=1S/C15H11F3N2O/c16-15(17,18)12-7-10(5-6-13(12)19)20-8-9-3-1-2-4-11(9)14(20)21/h1-7H,8,19H2. The molecular formula is C15H11F3N2O. The van der Waals surface area contributed by atoms with Gasteiger partial charge in [-0.1, -0.05) is 18.2 Å². The Kier molecular flexibility index (Phi) is 2.90. The Labute approximate surface area is 118 Å². The summed E-state index contributed by atoms with van der Waals surface area (Å²) in [5, 5.41) is 0. The van der Waals surface area contributed by atoms with Crippen molar-refractivity contribution in [2.75, 3.05) is 10.6 Å². The van der Waals surface area contributed by atoms with Crippen LogP contribution >= 0.6 is 0 Å². The van der Waals surface area contributed by atoms with Gasteiger partial charge in [0.15, 0.2) is 0 Å². The molecule has 0 saturated carbocycles. The minimum atomic E-state index is -4.55. The molecule has 0 aliphatic carbocycles. The summed E-state index contributed by atoms with van der Waals surface area (Å²) >= 11 is 0. The molecule has 0 saturated heterocycles. The molecular weight excluding hydrogens is 281 g/mol. The number of nitrogen functional groups attached to an aromatic ring is 1. The van der Waals surface area contributed by atoms with E-state index in [0.717, 1.165) is 11.6 Å². The fraction of sp³-hybridized carbons (Fsp3) is 0.133. The third-order valence-electron chi connectivity index (χ3n) is 3.48. The normalized spacial score (nSPS) is 14.4. The van der Waals surface area contributed by atoms with Crippen LogP contribution in [0.1, 0.15) is 21.5 Å². The summed E-state index contributed by atoms with van der Waals surface area (Å²) in [7, 11) is 0. The molecule has 0 fully saturated rings. The van der Waals surface area contributed by atoms with E-state index >= 15 is 0 Å². The zero-order valence-electron chi connectivity index (χ0n) is 10.8. The first-order chi connectivity index (χ1) is 9.88. The monoisotopic (exact) mass is 292 g/mol. The highest BCUT2D eigenvalue weighted by Gasteiger charge is 2.35. The lowest BCUT2D eigenvalue weighted by atomic mass is 10.1. The molecule has 0 atom stereocenters. The van der Waals surface area contributed by atoms with E-state index in [2.05, 4.69) is 0 Å². The highest BCUT2D eigenvalue weighted by Crippen LogP contribution is 2.37. The average Bonchev–Trinajstić information content (AvgIpc) is 2.76. The van der Waals surface area contributed by atoms with Crippen molar-refractivity contribution < 1.29 is 18.0 Å². The summed E-state index contributed by atoms with van der Waals surface area (Å²) in [6, 6.07) is 10.5. The molecule has 2 aromatic rings. The second-order valence-corrected chi connectivity index (χ2v) is 4.82. The molecule has 1 aliphatic heterocycles. The molecule has 2 aromatic carbocycles. The van der Waals surface area contributed by atoms with Crippen molar-refractivity contribution >= 4 is 17.3 Å². The number of hydrogen-bond donors (Lipinski definition) is 1. The number of carbonyl (C=O) groups is 1. The zero-order valence-corrected chi connectivity index (χ0v) is 10.8. The topological polar surface area (TPSA) is 46.3 Å². The van der Waals surface area contributed by atoms with Gasteiger partial charge in [-0.05, 0) is 29.8 Å². The molecule has 1 amide bonds. The van der Waals surface area contributed by atoms with Gasteiger partial charge in [0.2, 0.25) is 0 Å². The first kappa shape index (κ1) is 13.5. The molecule has 0 aromatic heterocycles. The predicted octanol–water partition coefficient (Wildman–Crippen LogP) is 3.45. The van der Waals surface area contributed by atoms with Gasteiger partial charge in [-0.2, -0.15) is 13.2 Å². The van der Waals surface area contributed by atoms with Crippen LogP contribution < -0.4 is 10.6 Å². The average molecular weight is 292 g/mol. The Bertz CT molecular complexity index is 725. The minimum absolute atomic E-state index is 0.192. The maximum Gasteiger partial charge on any atom is 0.418 e. The number of rotatable bonds is 1. The fourth-order valence-corrected chi connectivity index (χ4v) is 2.42. The lowest BCUT2D eigenvalue weighted by molar-refractivity contribution is -0.136. The number of carbonyl (C=O) groups excluding carboxylic acids is 1. The number of alkyl halides is 3. The Morgan fingerprint density at radius 1 is 1.10 bits per heavy atom. The van der Waals surface area contributed by atoms with Crippen molar-refractivity contribution in [3.8, 4) is 0 Å². The highest BCUT2D eigenvalue weighted by atomic mass is 19.4. The zero-order chi connectivity index (χ0) is 15.2. The van der Waals surface area contributed by atoms with Crippen LogP contribution in [-0.2, 0) is 12.7 Å². The summed E-state index contributed by atoms with van der Waals surface area (Å²) in [6.45, 7) is 0.260. The van der Waals surface area contributed by atoms with E-state index in [1.165, 1.54) is 17.0 Å². The van der Waals surface area contributed by atoms with Gasteiger partial charge in [-0.25, -0.2) is 0 Å². The molecule has 0 unspecified atom stereocenters. The van der Waals surface area contributed by atoms with Gasteiger partial charge >= 0.3 is 6.18 Å². The number of benzene rings is 2. The molecule has 21 heavy (non-hydrogen) atoms. The molecule has 1 aliphatic rings. The Morgan fingerprint density at radius 2 is 1.81 bits per heavy atom. The van der Waals surface area contributed by atoms with Gasteiger partial charge in [0, 0.05) is 16.9 Å². The predicted molar refractivity (Wildman–Crippen MR) is 72.8 cm³/mol. The van der Waals surface area contributed by atoms with Crippen LogP contribution in [0, 0.1) is 0 Å². The van der Waals surface area contributed by atoms with Crippen molar-refractivity contribution in [3.63, 3.8) is 0 Å².